The molecule has 2 aromatic heterocycles. The number of halogens is 1. The van der Waals surface area contributed by atoms with Crippen molar-refractivity contribution in [3.63, 3.8) is 0 Å². The quantitative estimate of drug-likeness (QED) is 0.570. The first-order chi connectivity index (χ1) is 13.6. The van der Waals surface area contributed by atoms with E-state index in [1.54, 1.807) is 22.0 Å². The van der Waals surface area contributed by atoms with Crippen LogP contribution in [0.15, 0.2) is 29.1 Å². The summed E-state index contributed by atoms with van der Waals surface area (Å²) in [5, 5.41) is 1.30. The highest BCUT2D eigenvalue weighted by molar-refractivity contribution is 7.18. The van der Waals surface area contributed by atoms with E-state index in [-0.39, 0.29) is 17.9 Å². The first-order valence-corrected chi connectivity index (χ1v) is 10.7. The third-order valence-electron chi connectivity index (χ3n) is 5.18. The van der Waals surface area contributed by atoms with Gasteiger partial charge in [-0.2, -0.15) is 0 Å². The molecule has 0 saturated heterocycles. The minimum absolute atomic E-state index is 0.0378. The van der Waals surface area contributed by atoms with Gasteiger partial charge in [0.25, 0.3) is 5.56 Å². The molecule has 0 aliphatic heterocycles. The van der Waals surface area contributed by atoms with E-state index < -0.39 is 0 Å². The third-order valence-corrected chi connectivity index (χ3v) is 6.70. The van der Waals surface area contributed by atoms with Gasteiger partial charge >= 0.3 is 5.97 Å². The van der Waals surface area contributed by atoms with E-state index in [2.05, 4.69) is 0 Å². The topological polar surface area (TPSA) is 61.2 Å². The summed E-state index contributed by atoms with van der Waals surface area (Å²) < 4.78 is 6.40. The van der Waals surface area contributed by atoms with E-state index in [1.807, 2.05) is 18.2 Å². The molecule has 0 saturated carbocycles. The lowest BCUT2D eigenvalue weighted by molar-refractivity contribution is -0.140. The number of thiophene rings is 1. The van der Waals surface area contributed by atoms with Gasteiger partial charge < -0.3 is 4.74 Å². The second-order valence-corrected chi connectivity index (χ2v) is 8.43. The Morgan fingerprint density at radius 2 is 2.07 bits per heavy atom. The van der Waals surface area contributed by atoms with E-state index >= 15 is 0 Å². The van der Waals surface area contributed by atoms with Crippen LogP contribution >= 0.6 is 22.9 Å². The number of aryl methyl sites for hydroxylation is 2. The zero-order chi connectivity index (χ0) is 19.7. The monoisotopic (exact) mass is 416 g/mol. The molecule has 5 nitrogen and oxygen atoms in total. The fourth-order valence-corrected chi connectivity index (χ4v) is 5.25. The van der Waals surface area contributed by atoms with Gasteiger partial charge in [0.1, 0.15) is 10.7 Å². The van der Waals surface area contributed by atoms with Crippen molar-refractivity contribution in [2.24, 2.45) is 0 Å². The summed E-state index contributed by atoms with van der Waals surface area (Å²) in [7, 11) is 1.37. The normalized spacial score (nSPS) is 13.5. The Balaban J connectivity index is 1.88. The number of fused-ring (bicyclic) bond motifs is 3. The molecule has 2 heterocycles. The maximum Gasteiger partial charge on any atom is 0.305 e. The predicted octanol–water partition coefficient (Wildman–Crippen LogP) is 4.61. The number of nitrogens with zero attached hydrogens (tertiary/aromatic N) is 2. The second kappa shape index (κ2) is 8.05. The fourth-order valence-electron chi connectivity index (χ4n) is 3.78. The first-order valence-electron chi connectivity index (χ1n) is 9.47. The van der Waals surface area contributed by atoms with Crippen molar-refractivity contribution in [2.45, 2.75) is 45.1 Å². The number of rotatable bonds is 5. The number of hydrogen-bond acceptors (Lipinski definition) is 5. The third kappa shape index (κ3) is 3.47. The molecular formula is C21H21ClN2O3S. The molecule has 1 aliphatic rings. The lowest BCUT2D eigenvalue weighted by atomic mass is 9.97. The van der Waals surface area contributed by atoms with Crippen molar-refractivity contribution < 1.29 is 9.53 Å². The molecule has 0 spiro atoms. The Morgan fingerprint density at radius 1 is 1.29 bits per heavy atom. The largest absolute Gasteiger partial charge is 0.469 e. The SMILES string of the molecule is COC(=O)CCCn1c(-c2ccccc2Cl)nc2sc3c(c2c1=O)CCCC3. The molecule has 3 aromatic rings. The predicted molar refractivity (Wildman–Crippen MR) is 112 cm³/mol. The molecule has 0 fully saturated rings. The van der Waals surface area contributed by atoms with Crippen LogP contribution in [0, 0.1) is 0 Å². The Hall–Kier alpha value is -2.18. The van der Waals surface area contributed by atoms with Crippen molar-refractivity contribution in [3.05, 3.63) is 50.1 Å². The van der Waals surface area contributed by atoms with E-state index in [1.165, 1.54) is 12.0 Å². The van der Waals surface area contributed by atoms with Crippen molar-refractivity contribution in [1.29, 1.82) is 0 Å². The van der Waals surface area contributed by atoms with Gasteiger partial charge in [0.05, 0.1) is 17.5 Å². The van der Waals surface area contributed by atoms with Gasteiger partial charge in [0.2, 0.25) is 0 Å². The average Bonchev–Trinajstić information content (AvgIpc) is 3.08. The van der Waals surface area contributed by atoms with Crippen LogP contribution in [0.25, 0.3) is 21.6 Å². The van der Waals surface area contributed by atoms with Crippen LogP contribution in [0.5, 0.6) is 0 Å². The lowest BCUT2D eigenvalue weighted by Gasteiger charge is -2.14. The number of aromatic nitrogens is 2. The Bertz CT molecular complexity index is 1100. The molecule has 28 heavy (non-hydrogen) atoms. The van der Waals surface area contributed by atoms with Gasteiger partial charge in [0.15, 0.2) is 0 Å². The van der Waals surface area contributed by atoms with Gasteiger partial charge in [-0.25, -0.2) is 4.98 Å². The van der Waals surface area contributed by atoms with Gasteiger partial charge in [-0.15, -0.1) is 11.3 Å². The molecule has 0 unspecified atom stereocenters. The first kappa shape index (κ1) is 19.2. The summed E-state index contributed by atoms with van der Waals surface area (Å²) in [5.74, 6) is 0.279. The molecule has 146 valence electrons. The van der Waals surface area contributed by atoms with E-state index in [9.17, 15) is 9.59 Å². The maximum atomic E-state index is 13.5. The molecular weight excluding hydrogens is 396 g/mol. The number of carbonyl (C=O) groups excluding carboxylic acids is 1. The molecule has 0 N–H and O–H groups in total. The van der Waals surface area contributed by atoms with Gasteiger partial charge in [-0.05, 0) is 49.8 Å². The molecule has 1 aliphatic carbocycles. The van der Waals surface area contributed by atoms with Crippen LogP contribution < -0.4 is 5.56 Å². The highest BCUT2D eigenvalue weighted by atomic mass is 35.5. The molecule has 0 bridgehead atoms. The summed E-state index contributed by atoms with van der Waals surface area (Å²) in [6, 6.07) is 7.41. The number of methoxy groups -OCH3 is 1. The summed E-state index contributed by atoms with van der Waals surface area (Å²) in [6.45, 7) is 0.391. The van der Waals surface area contributed by atoms with Crippen molar-refractivity contribution in [2.75, 3.05) is 7.11 Å². The Morgan fingerprint density at radius 3 is 2.86 bits per heavy atom. The number of carbonyl (C=O) groups is 1. The fraction of sp³-hybridized carbons (Fsp3) is 0.381. The number of ether oxygens (including phenoxy) is 1. The summed E-state index contributed by atoms with van der Waals surface area (Å²) in [5.41, 5.74) is 1.85. The number of hydrogen-bond donors (Lipinski definition) is 0. The molecule has 4 rings (SSSR count). The van der Waals surface area contributed by atoms with Gasteiger partial charge in [-0.1, -0.05) is 23.7 Å². The van der Waals surface area contributed by atoms with Crippen molar-refractivity contribution in [3.8, 4) is 11.4 Å². The minimum atomic E-state index is -0.283. The molecule has 0 amide bonds. The molecule has 0 atom stereocenters. The van der Waals surface area contributed by atoms with Crippen LogP contribution in [-0.2, 0) is 28.9 Å². The Kier molecular flexibility index (Phi) is 5.51. The molecule has 7 heteroatoms. The smallest absolute Gasteiger partial charge is 0.305 e. The zero-order valence-electron chi connectivity index (χ0n) is 15.7. The van der Waals surface area contributed by atoms with Crippen LogP contribution in [0.1, 0.15) is 36.1 Å². The zero-order valence-corrected chi connectivity index (χ0v) is 17.2. The summed E-state index contributed by atoms with van der Waals surface area (Å²) in [4.78, 5) is 31.9. The summed E-state index contributed by atoms with van der Waals surface area (Å²) >= 11 is 8.04. The molecule has 1 aromatic carbocycles. The van der Waals surface area contributed by atoms with Crippen LogP contribution in [-0.4, -0.2) is 22.6 Å². The Labute approximate surface area is 171 Å². The second-order valence-electron chi connectivity index (χ2n) is 6.94. The summed E-state index contributed by atoms with van der Waals surface area (Å²) in [6.07, 6.45) is 4.96. The van der Waals surface area contributed by atoms with Crippen molar-refractivity contribution in [1.82, 2.24) is 9.55 Å². The average molecular weight is 417 g/mol. The lowest BCUT2D eigenvalue weighted by Crippen LogP contribution is -2.24. The number of esters is 1. The standard InChI is InChI=1S/C21H21ClN2O3S/c1-27-17(25)11-6-12-24-19(13-7-2-4-9-15(13)22)23-20-18(21(24)26)14-8-3-5-10-16(14)28-20/h2,4,7,9H,3,5-6,8,10-12H2,1H3. The van der Waals surface area contributed by atoms with E-state index in [0.29, 0.717) is 23.8 Å². The van der Waals surface area contributed by atoms with Crippen molar-refractivity contribution >= 4 is 39.1 Å². The van der Waals surface area contributed by atoms with Crippen LogP contribution in [0.2, 0.25) is 5.02 Å². The highest BCUT2D eigenvalue weighted by Gasteiger charge is 2.23. The van der Waals surface area contributed by atoms with E-state index in [4.69, 9.17) is 21.3 Å². The minimum Gasteiger partial charge on any atom is -0.469 e. The highest BCUT2D eigenvalue weighted by Crippen LogP contribution is 2.35. The molecule has 0 radical (unpaired) electrons. The maximum absolute atomic E-state index is 13.5. The number of benzene rings is 1. The van der Waals surface area contributed by atoms with Crippen LogP contribution in [0.3, 0.4) is 0 Å². The van der Waals surface area contributed by atoms with Gasteiger partial charge in [-0.3, -0.25) is 14.2 Å². The van der Waals surface area contributed by atoms with E-state index in [0.717, 1.165) is 47.0 Å². The van der Waals surface area contributed by atoms with Gasteiger partial charge in [0, 0.05) is 23.4 Å². The van der Waals surface area contributed by atoms with Crippen LogP contribution in [0.4, 0.5) is 0 Å².